The van der Waals surface area contributed by atoms with Gasteiger partial charge in [0.05, 0.1) is 7.11 Å². The quantitative estimate of drug-likeness (QED) is 0.783. The second-order valence-corrected chi connectivity index (χ2v) is 5.49. The molecule has 0 saturated carbocycles. The number of carbonyl (C=O) groups excluding carboxylic acids is 2. The van der Waals surface area contributed by atoms with Crippen LogP contribution >= 0.6 is 11.6 Å². The molecule has 0 spiro atoms. The van der Waals surface area contributed by atoms with Gasteiger partial charge in [-0.05, 0) is 48.7 Å². The molecule has 23 heavy (non-hydrogen) atoms. The number of hydrogen-bond acceptors (Lipinski definition) is 3. The van der Waals surface area contributed by atoms with Crippen LogP contribution in [0.1, 0.15) is 18.4 Å². The van der Waals surface area contributed by atoms with Crippen LogP contribution < -0.4 is 10.1 Å². The molecular weight excluding hydrogens is 314 g/mol. The van der Waals surface area contributed by atoms with Gasteiger partial charge in [0.2, 0.25) is 5.78 Å². The highest BCUT2D eigenvalue weighted by Crippen LogP contribution is 2.19. The highest BCUT2D eigenvalue weighted by Gasteiger charge is 2.14. The van der Waals surface area contributed by atoms with Gasteiger partial charge in [-0.1, -0.05) is 29.8 Å². The van der Waals surface area contributed by atoms with E-state index < -0.39 is 11.7 Å². The Morgan fingerprint density at radius 1 is 1.09 bits per heavy atom. The third-order valence-electron chi connectivity index (χ3n) is 3.40. The summed E-state index contributed by atoms with van der Waals surface area (Å²) in [5.41, 5.74) is 1.58. The summed E-state index contributed by atoms with van der Waals surface area (Å²) in [6.07, 6.45) is 1.47. The number of aryl methyl sites for hydroxylation is 1. The maximum absolute atomic E-state index is 11.9. The van der Waals surface area contributed by atoms with Crippen molar-refractivity contribution in [3.05, 3.63) is 59.1 Å². The Morgan fingerprint density at radius 3 is 2.48 bits per heavy atom. The molecule has 2 aromatic carbocycles. The van der Waals surface area contributed by atoms with Crippen molar-refractivity contribution in [3.63, 3.8) is 0 Å². The Hall–Kier alpha value is -2.33. The molecule has 5 heteroatoms. The minimum atomic E-state index is -0.604. The zero-order chi connectivity index (χ0) is 16.7. The largest absolute Gasteiger partial charge is 0.496 e. The van der Waals surface area contributed by atoms with Gasteiger partial charge in [0.15, 0.2) is 0 Å². The molecule has 0 aliphatic carbocycles. The van der Waals surface area contributed by atoms with Crippen molar-refractivity contribution in [2.45, 2.75) is 19.3 Å². The fourth-order valence-corrected chi connectivity index (χ4v) is 2.32. The van der Waals surface area contributed by atoms with E-state index in [0.717, 1.165) is 11.3 Å². The molecule has 2 rings (SSSR count). The Kier molecular flexibility index (Phi) is 6.18. The molecule has 0 atom stereocenters. The van der Waals surface area contributed by atoms with E-state index >= 15 is 0 Å². The number of nitrogens with one attached hydrogen (secondary N) is 1. The van der Waals surface area contributed by atoms with Crippen LogP contribution in [-0.2, 0) is 16.0 Å². The number of rotatable bonds is 7. The van der Waals surface area contributed by atoms with E-state index in [1.807, 2.05) is 24.3 Å². The number of carbonyl (C=O) groups is 2. The third kappa shape index (κ3) is 5.11. The van der Waals surface area contributed by atoms with E-state index in [1.54, 1.807) is 31.4 Å². The van der Waals surface area contributed by atoms with Crippen LogP contribution in [-0.4, -0.2) is 18.8 Å². The van der Waals surface area contributed by atoms with Crippen molar-refractivity contribution in [2.75, 3.05) is 12.4 Å². The predicted octanol–water partition coefficient (Wildman–Crippen LogP) is 3.88. The van der Waals surface area contributed by atoms with Gasteiger partial charge in [-0.25, -0.2) is 0 Å². The van der Waals surface area contributed by atoms with Crippen LogP contribution in [0.25, 0.3) is 0 Å². The SMILES string of the molecule is COc1ccccc1CCCC(=O)C(=O)Nc1ccc(Cl)cc1. The van der Waals surface area contributed by atoms with Crippen LogP contribution in [0.15, 0.2) is 48.5 Å². The van der Waals surface area contributed by atoms with E-state index in [9.17, 15) is 9.59 Å². The maximum atomic E-state index is 11.9. The number of methoxy groups -OCH3 is 1. The van der Waals surface area contributed by atoms with E-state index in [0.29, 0.717) is 23.6 Å². The summed E-state index contributed by atoms with van der Waals surface area (Å²) in [7, 11) is 1.61. The van der Waals surface area contributed by atoms with Gasteiger partial charge in [0, 0.05) is 17.1 Å². The van der Waals surface area contributed by atoms with Crippen LogP contribution in [0.4, 0.5) is 5.69 Å². The van der Waals surface area contributed by atoms with Crippen molar-refractivity contribution in [1.82, 2.24) is 0 Å². The lowest BCUT2D eigenvalue weighted by atomic mass is 10.1. The summed E-state index contributed by atoms with van der Waals surface area (Å²) >= 11 is 5.77. The number of amides is 1. The van der Waals surface area contributed by atoms with Gasteiger partial charge < -0.3 is 10.1 Å². The zero-order valence-corrected chi connectivity index (χ0v) is 13.6. The molecule has 0 radical (unpaired) electrons. The van der Waals surface area contributed by atoms with Crippen LogP contribution in [0.3, 0.4) is 0 Å². The summed E-state index contributed by atoms with van der Waals surface area (Å²) in [5.74, 6) is -0.243. The molecule has 120 valence electrons. The average molecular weight is 332 g/mol. The summed E-state index contributed by atoms with van der Waals surface area (Å²) in [5, 5.41) is 3.14. The van der Waals surface area contributed by atoms with Crippen molar-refractivity contribution < 1.29 is 14.3 Å². The number of halogens is 1. The third-order valence-corrected chi connectivity index (χ3v) is 3.65. The van der Waals surface area contributed by atoms with E-state index in [-0.39, 0.29) is 6.42 Å². The molecule has 0 unspecified atom stereocenters. The molecule has 0 bridgehead atoms. The van der Waals surface area contributed by atoms with Gasteiger partial charge >= 0.3 is 0 Å². The highest BCUT2D eigenvalue weighted by molar-refractivity contribution is 6.40. The van der Waals surface area contributed by atoms with Crippen molar-refractivity contribution in [2.24, 2.45) is 0 Å². The van der Waals surface area contributed by atoms with E-state index in [2.05, 4.69) is 5.32 Å². The normalized spacial score (nSPS) is 10.2. The Labute approximate surface area is 140 Å². The first kappa shape index (κ1) is 17.0. The van der Waals surface area contributed by atoms with Gasteiger partial charge in [-0.3, -0.25) is 9.59 Å². The number of ketones is 1. The smallest absolute Gasteiger partial charge is 0.291 e. The molecule has 0 heterocycles. The lowest BCUT2D eigenvalue weighted by Crippen LogP contribution is -2.22. The number of hydrogen-bond donors (Lipinski definition) is 1. The average Bonchev–Trinajstić information content (AvgIpc) is 2.57. The summed E-state index contributed by atoms with van der Waals surface area (Å²) < 4.78 is 5.26. The molecule has 1 N–H and O–H groups in total. The molecule has 0 saturated heterocycles. The van der Waals surface area contributed by atoms with Gasteiger partial charge in [-0.2, -0.15) is 0 Å². The van der Waals surface area contributed by atoms with Crippen molar-refractivity contribution in [1.29, 1.82) is 0 Å². The molecular formula is C18H18ClNO3. The lowest BCUT2D eigenvalue weighted by Gasteiger charge is -2.08. The minimum absolute atomic E-state index is 0.192. The second-order valence-electron chi connectivity index (χ2n) is 5.05. The molecule has 0 aliphatic heterocycles. The number of para-hydroxylation sites is 1. The Morgan fingerprint density at radius 2 is 1.78 bits per heavy atom. The molecule has 1 amide bonds. The maximum Gasteiger partial charge on any atom is 0.291 e. The second kappa shape index (κ2) is 8.34. The standard InChI is InChI=1S/C18H18ClNO3/c1-23-17-8-3-2-5-13(17)6-4-7-16(21)18(22)20-15-11-9-14(19)10-12-15/h2-3,5,8-12H,4,6-7H2,1H3,(H,20,22). The van der Waals surface area contributed by atoms with Crippen LogP contribution in [0.2, 0.25) is 5.02 Å². The van der Waals surface area contributed by atoms with E-state index in [1.165, 1.54) is 0 Å². The Bertz CT molecular complexity index is 683. The van der Waals surface area contributed by atoms with Gasteiger partial charge in [0.1, 0.15) is 5.75 Å². The number of ether oxygens (including phenoxy) is 1. The fourth-order valence-electron chi connectivity index (χ4n) is 2.20. The molecule has 4 nitrogen and oxygen atoms in total. The van der Waals surface area contributed by atoms with Crippen molar-refractivity contribution >= 4 is 29.0 Å². The topological polar surface area (TPSA) is 55.4 Å². The summed E-state index contributed by atoms with van der Waals surface area (Å²) in [6.45, 7) is 0. The van der Waals surface area contributed by atoms with Crippen LogP contribution in [0.5, 0.6) is 5.75 Å². The van der Waals surface area contributed by atoms with Gasteiger partial charge in [-0.15, -0.1) is 0 Å². The lowest BCUT2D eigenvalue weighted by molar-refractivity contribution is -0.134. The van der Waals surface area contributed by atoms with E-state index in [4.69, 9.17) is 16.3 Å². The predicted molar refractivity (Wildman–Crippen MR) is 91.0 cm³/mol. The molecule has 2 aromatic rings. The summed E-state index contributed by atoms with van der Waals surface area (Å²) in [4.78, 5) is 23.7. The number of benzene rings is 2. The Balaban J connectivity index is 1.82. The summed E-state index contributed by atoms with van der Waals surface area (Å²) in [6, 6.07) is 14.3. The van der Waals surface area contributed by atoms with Crippen molar-refractivity contribution in [3.8, 4) is 5.75 Å². The first-order valence-corrected chi connectivity index (χ1v) is 7.69. The monoisotopic (exact) mass is 331 g/mol. The molecule has 0 fully saturated rings. The first-order valence-electron chi connectivity index (χ1n) is 7.32. The number of Topliss-reactive ketones (excluding diaryl/α,β-unsaturated/α-hetero) is 1. The zero-order valence-electron chi connectivity index (χ0n) is 12.8. The molecule has 0 aliphatic rings. The fraction of sp³-hybridized carbons (Fsp3) is 0.222. The van der Waals surface area contributed by atoms with Gasteiger partial charge in [0.25, 0.3) is 5.91 Å². The van der Waals surface area contributed by atoms with Crippen LogP contribution in [0, 0.1) is 0 Å². The minimum Gasteiger partial charge on any atom is -0.496 e. The molecule has 0 aromatic heterocycles. The number of anilines is 1. The highest BCUT2D eigenvalue weighted by atomic mass is 35.5. The first-order chi connectivity index (χ1) is 11.1.